The third-order valence-electron chi connectivity index (χ3n) is 3.97. The monoisotopic (exact) mass is 239 g/mol. The van der Waals surface area contributed by atoms with E-state index in [1.807, 2.05) is 0 Å². The molecule has 3 heteroatoms. The van der Waals surface area contributed by atoms with E-state index in [0.717, 1.165) is 19.0 Å². The fourth-order valence-corrected chi connectivity index (χ4v) is 2.61. The molecule has 0 bridgehead atoms. The van der Waals surface area contributed by atoms with Crippen molar-refractivity contribution in [3.63, 3.8) is 0 Å². The van der Waals surface area contributed by atoms with Crippen LogP contribution in [0, 0.1) is 11.6 Å². The Morgan fingerprint density at radius 1 is 1.29 bits per heavy atom. The highest BCUT2D eigenvalue weighted by Gasteiger charge is 2.32. The predicted octanol–water partition coefficient (Wildman–Crippen LogP) is 3.38. The molecule has 1 unspecified atom stereocenters. The van der Waals surface area contributed by atoms with E-state index in [-0.39, 0.29) is 5.54 Å². The first kappa shape index (κ1) is 12.5. The van der Waals surface area contributed by atoms with Crippen molar-refractivity contribution >= 4 is 0 Å². The Morgan fingerprint density at radius 2 is 2.06 bits per heavy atom. The van der Waals surface area contributed by atoms with E-state index < -0.39 is 11.6 Å². The zero-order chi connectivity index (χ0) is 12.5. The van der Waals surface area contributed by atoms with Gasteiger partial charge in [-0.15, -0.1) is 0 Å². The van der Waals surface area contributed by atoms with Crippen LogP contribution in [0.4, 0.5) is 8.78 Å². The summed E-state index contributed by atoms with van der Waals surface area (Å²) < 4.78 is 26.5. The summed E-state index contributed by atoms with van der Waals surface area (Å²) >= 11 is 0. The van der Waals surface area contributed by atoms with E-state index in [9.17, 15) is 8.78 Å². The fourth-order valence-electron chi connectivity index (χ4n) is 2.61. The minimum absolute atomic E-state index is 0.00306. The van der Waals surface area contributed by atoms with Gasteiger partial charge in [0.15, 0.2) is 0 Å². The van der Waals surface area contributed by atoms with Crippen LogP contribution in [0.1, 0.15) is 31.7 Å². The van der Waals surface area contributed by atoms with E-state index in [1.54, 1.807) is 6.07 Å². The summed E-state index contributed by atoms with van der Waals surface area (Å²) in [5.74, 6) is -0.932. The van der Waals surface area contributed by atoms with Gasteiger partial charge in [0.05, 0.1) is 0 Å². The number of piperidine rings is 1. The van der Waals surface area contributed by atoms with Crippen molar-refractivity contribution in [3.05, 3.63) is 35.4 Å². The lowest BCUT2D eigenvalue weighted by Gasteiger charge is -2.43. The molecule has 1 aromatic carbocycles. The normalized spacial score (nSPS) is 26.1. The first-order valence-corrected chi connectivity index (χ1v) is 6.16. The molecule has 1 aliphatic heterocycles. The number of halogens is 2. The van der Waals surface area contributed by atoms with Crippen molar-refractivity contribution < 1.29 is 8.78 Å². The molecular weight excluding hydrogens is 220 g/mol. The molecule has 1 aromatic rings. The Balaban J connectivity index is 2.19. The summed E-state index contributed by atoms with van der Waals surface area (Å²) in [7, 11) is 2.08. The van der Waals surface area contributed by atoms with Gasteiger partial charge in [-0.3, -0.25) is 0 Å². The summed E-state index contributed by atoms with van der Waals surface area (Å²) in [5, 5.41) is 0. The number of nitrogens with zero attached hydrogens (tertiary/aromatic N) is 1. The average Bonchev–Trinajstić information content (AvgIpc) is 2.27. The second-order valence-corrected chi connectivity index (χ2v) is 5.29. The van der Waals surface area contributed by atoms with Crippen LogP contribution in [0.15, 0.2) is 18.2 Å². The van der Waals surface area contributed by atoms with Gasteiger partial charge in [0.25, 0.3) is 0 Å². The zero-order valence-corrected chi connectivity index (χ0v) is 10.5. The lowest BCUT2D eigenvalue weighted by molar-refractivity contribution is 0.0893. The largest absolute Gasteiger partial charge is 0.301 e. The number of hydrogen-bond donors (Lipinski definition) is 0. The number of likely N-dealkylation sites (N-methyl/N-ethyl adjacent to an activating group) is 1. The van der Waals surface area contributed by atoms with Gasteiger partial charge in [-0.1, -0.05) is 12.5 Å². The molecule has 0 spiro atoms. The highest BCUT2D eigenvalue weighted by atomic mass is 19.1. The summed E-state index contributed by atoms with van der Waals surface area (Å²) in [6, 6.07) is 3.88. The Hall–Kier alpha value is -0.960. The Bertz CT molecular complexity index is 405. The van der Waals surface area contributed by atoms with E-state index >= 15 is 0 Å². The van der Waals surface area contributed by atoms with E-state index in [0.29, 0.717) is 12.0 Å². The van der Waals surface area contributed by atoms with Crippen LogP contribution >= 0.6 is 0 Å². The van der Waals surface area contributed by atoms with Gasteiger partial charge >= 0.3 is 0 Å². The predicted molar refractivity (Wildman–Crippen MR) is 64.9 cm³/mol. The lowest BCUT2D eigenvalue weighted by atomic mass is 9.83. The Labute approximate surface area is 101 Å². The third kappa shape index (κ3) is 2.65. The van der Waals surface area contributed by atoms with Crippen LogP contribution in [0.2, 0.25) is 0 Å². The smallest absolute Gasteiger partial charge is 0.129 e. The second kappa shape index (κ2) is 4.73. The van der Waals surface area contributed by atoms with Gasteiger partial charge in [0.2, 0.25) is 0 Å². The van der Waals surface area contributed by atoms with Crippen LogP contribution in [0.25, 0.3) is 0 Å². The molecule has 0 radical (unpaired) electrons. The zero-order valence-electron chi connectivity index (χ0n) is 10.5. The minimum atomic E-state index is -0.506. The SMILES string of the molecule is CN1CCCCC1(C)Cc1ccc(F)cc1F. The molecule has 0 N–H and O–H groups in total. The van der Waals surface area contributed by atoms with Gasteiger partial charge in [-0.2, -0.15) is 0 Å². The third-order valence-corrected chi connectivity index (χ3v) is 3.97. The van der Waals surface area contributed by atoms with Crippen molar-refractivity contribution in [2.45, 2.75) is 38.1 Å². The topological polar surface area (TPSA) is 3.24 Å². The van der Waals surface area contributed by atoms with Crippen molar-refractivity contribution in [3.8, 4) is 0 Å². The molecule has 1 fully saturated rings. The quantitative estimate of drug-likeness (QED) is 0.764. The molecule has 94 valence electrons. The van der Waals surface area contributed by atoms with Gasteiger partial charge < -0.3 is 4.90 Å². The standard InChI is InChI=1S/C14H19F2N/c1-14(7-3-4-8-17(14)2)10-11-5-6-12(15)9-13(11)16/h5-6,9H,3-4,7-8,10H2,1-2H3. The highest BCUT2D eigenvalue weighted by molar-refractivity contribution is 5.21. The van der Waals surface area contributed by atoms with Crippen LogP contribution in [0.5, 0.6) is 0 Å². The van der Waals surface area contributed by atoms with Gasteiger partial charge in [-0.05, 0) is 51.4 Å². The molecule has 17 heavy (non-hydrogen) atoms. The number of hydrogen-bond acceptors (Lipinski definition) is 1. The average molecular weight is 239 g/mol. The van der Waals surface area contributed by atoms with Crippen molar-refractivity contribution in [1.82, 2.24) is 4.90 Å². The molecule has 0 aliphatic carbocycles. The van der Waals surface area contributed by atoms with Crippen LogP contribution < -0.4 is 0 Å². The molecule has 1 saturated heterocycles. The Kier molecular flexibility index (Phi) is 3.48. The molecule has 1 atom stereocenters. The van der Waals surface area contributed by atoms with Crippen LogP contribution in [0.3, 0.4) is 0 Å². The molecule has 1 heterocycles. The van der Waals surface area contributed by atoms with Crippen molar-refractivity contribution in [2.24, 2.45) is 0 Å². The van der Waals surface area contributed by atoms with Crippen LogP contribution in [-0.4, -0.2) is 24.0 Å². The van der Waals surface area contributed by atoms with Crippen molar-refractivity contribution in [2.75, 3.05) is 13.6 Å². The molecule has 0 amide bonds. The maximum Gasteiger partial charge on any atom is 0.129 e. The number of likely N-dealkylation sites (tertiary alicyclic amines) is 1. The first-order chi connectivity index (χ1) is 8.01. The van der Waals surface area contributed by atoms with Gasteiger partial charge in [0, 0.05) is 11.6 Å². The van der Waals surface area contributed by atoms with Gasteiger partial charge in [-0.25, -0.2) is 8.78 Å². The van der Waals surface area contributed by atoms with E-state index in [1.165, 1.54) is 18.9 Å². The second-order valence-electron chi connectivity index (χ2n) is 5.29. The van der Waals surface area contributed by atoms with E-state index in [2.05, 4.69) is 18.9 Å². The molecule has 0 saturated carbocycles. The van der Waals surface area contributed by atoms with Crippen LogP contribution in [-0.2, 0) is 6.42 Å². The number of benzene rings is 1. The van der Waals surface area contributed by atoms with Crippen molar-refractivity contribution in [1.29, 1.82) is 0 Å². The summed E-state index contributed by atoms with van der Waals surface area (Å²) in [6.45, 7) is 3.22. The lowest BCUT2D eigenvalue weighted by Crippen LogP contribution is -2.48. The Morgan fingerprint density at radius 3 is 2.71 bits per heavy atom. The molecular formula is C14H19F2N. The van der Waals surface area contributed by atoms with E-state index in [4.69, 9.17) is 0 Å². The summed E-state index contributed by atoms with van der Waals surface area (Å²) in [5.41, 5.74) is 0.611. The highest BCUT2D eigenvalue weighted by Crippen LogP contribution is 2.30. The number of rotatable bonds is 2. The molecule has 1 nitrogen and oxygen atoms in total. The minimum Gasteiger partial charge on any atom is -0.301 e. The first-order valence-electron chi connectivity index (χ1n) is 6.16. The van der Waals surface area contributed by atoms with Gasteiger partial charge in [0.1, 0.15) is 11.6 Å². The summed E-state index contributed by atoms with van der Waals surface area (Å²) in [4.78, 5) is 2.29. The molecule has 0 aromatic heterocycles. The maximum absolute atomic E-state index is 13.6. The fraction of sp³-hybridized carbons (Fsp3) is 0.571. The maximum atomic E-state index is 13.6. The molecule has 2 rings (SSSR count). The summed E-state index contributed by atoms with van der Waals surface area (Å²) in [6.07, 6.45) is 4.11. The molecule has 1 aliphatic rings.